The summed E-state index contributed by atoms with van der Waals surface area (Å²) in [6.45, 7) is 4.83. The van der Waals surface area contributed by atoms with Crippen molar-refractivity contribution < 1.29 is 5.11 Å². The lowest BCUT2D eigenvalue weighted by Gasteiger charge is -2.11. The van der Waals surface area contributed by atoms with Crippen LogP contribution >= 0.6 is 0 Å². The van der Waals surface area contributed by atoms with Crippen molar-refractivity contribution in [1.29, 1.82) is 0 Å². The smallest absolute Gasteiger partial charge is 0.328 e. The molecule has 1 aromatic heterocycles. The van der Waals surface area contributed by atoms with Gasteiger partial charge in [0.25, 0.3) is 0 Å². The third kappa shape index (κ3) is 2.54. The van der Waals surface area contributed by atoms with Crippen LogP contribution in [-0.2, 0) is 13.1 Å². The van der Waals surface area contributed by atoms with Crippen LogP contribution in [0.4, 0.5) is 0 Å². The van der Waals surface area contributed by atoms with E-state index in [2.05, 4.69) is 0 Å². The molecule has 0 amide bonds. The summed E-state index contributed by atoms with van der Waals surface area (Å²) in [5, 5.41) is 10.1. The SMILES string of the molecule is CCn1ccn(CC(O)c2cccc(C)c2)c1=O. The molecule has 18 heavy (non-hydrogen) atoms. The highest BCUT2D eigenvalue weighted by atomic mass is 16.3. The fourth-order valence-electron chi connectivity index (χ4n) is 2.00. The number of rotatable bonds is 4. The van der Waals surface area contributed by atoms with E-state index >= 15 is 0 Å². The van der Waals surface area contributed by atoms with Gasteiger partial charge in [0.15, 0.2) is 0 Å². The van der Waals surface area contributed by atoms with E-state index in [-0.39, 0.29) is 12.2 Å². The molecule has 0 aliphatic heterocycles. The predicted octanol–water partition coefficient (Wildman–Crippen LogP) is 1.71. The summed E-state index contributed by atoms with van der Waals surface area (Å²) in [6, 6.07) is 7.70. The Morgan fingerprint density at radius 2 is 2.00 bits per heavy atom. The van der Waals surface area contributed by atoms with Crippen LogP contribution in [0.2, 0.25) is 0 Å². The lowest BCUT2D eigenvalue weighted by molar-refractivity contribution is 0.155. The topological polar surface area (TPSA) is 47.2 Å². The lowest BCUT2D eigenvalue weighted by Crippen LogP contribution is -2.25. The molecule has 1 atom stereocenters. The van der Waals surface area contributed by atoms with Crippen LogP contribution in [-0.4, -0.2) is 14.2 Å². The lowest BCUT2D eigenvalue weighted by atomic mass is 10.1. The zero-order valence-electron chi connectivity index (χ0n) is 10.7. The summed E-state index contributed by atoms with van der Waals surface area (Å²) in [4.78, 5) is 11.8. The number of aromatic nitrogens is 2. The van der Waals surface area contributed by atoms with E-state index in [1.807, 2.05) is 38.1 Å². The summed E-state index contributed by atoms with van der Waals surface area (Å²) >= 11 is 0. The van der Waals surface area contributed by atoms with Gasteiger partial charge in [0.1, 0.15) is 0 Å². The first-order valence-electron chi connectivity index (χ1n) is 6.12. The number of aryl methyl sites for hydroxylation is 2. The average Bonchev–Trinajstić information content (AvgIpc) is 2.70. The highest BCUT2D eigenvalue weighted by Crippen LogP contribution is 2.15. The van der Waals surface area contributed by atoms with E-state index in [0.29, 0.717) is 6.54 Å². The van der Waals surface area contributed by atoms with E-state index in [1.165, 1.54) is 4.57 Å². The maximum absolute atomic E-state index is 11.8. The first-order chi connectivity index (χ1) is 8.61. The second kappa shape index (κ2) is 5.23. The third-order valence-corrected chi connectivity index (χ3v) is 3.06. The van der Waals surface area contributed by atoms with E-state index in [1.54, 1.807) is 17.0 Å². The van der Waals surface area contributed by atoms with E-state index in [4.69, 9.17) is 0 Å². The van der Waals surface area contributed by atoms with Gasteiger partial charge in [-0.3, -0.25) is 9.13 Å². The normalized spacial score (nSPS) is 12.6. The van der Waals surface area contributed by atoms with Gasteiger partial charge in [0.05, 0.1) is 12.6 Å². The zero-order chi connectivity index (χ0) is 13.1. The molecule has 4 heteroatoms. The molecule has 0 spiro atoms. The van der Waals surface area contributed by atoms with Crippen molar-refractivity contribution in [3.05, 3.63) is 58.3 Å². The summed E-state index contributed by atoms with van der Waals surface area (Å²) in [6.07, 6.45) is 2.80. The number of imidazole rings is 1. The van der Waals surface area contributed by atoms with Gasteiger partial charge in [-0.05, 0) is 19.4 Å². The second-order valence-electron chi connectivity index (χ2n) is 4.45. The molecule has 4 nitrogen and oxygen atoms in total. The molecule has 0 saturated carbocycles. The number of nitrogens with zero attached hydrogens (tertiary/aromatic N) is 2. The Morgan fingerprint density at radius 1 is 1.28 bits per heavy atom. The van der Waals surface area contributed by atoms with Crippen LogP contribution in [0.25, 0.3) is 0 Å². The second-order valence-corrected chi connectivity index (χ2v) is 4.45. The molecule has 0 saturated heterocycles. The van der Waals surface area contributed by atoms with Crippen molar-refractivity contribution in [2.45, 2.75) is 33.0 Å². The van der Waals surface area contributed by atoms with Gasteiger partial charge in [0.2, 0.25) is 0 Å². The molecular formula is C14H18N2O2. The van der Waals surface area contributed by atoms with Gasteiger partial charge in [-0.2, -0.15) is 0 Å². The predicted molar refractivity (Wildman–Crippen MR) is 70.5 cm³/mol. The monoisotopic (exact) mass is 246 g/mol. The minimum atomic E-state index is -0.657. The van der Waals surface area contributed by atoms with Crippen molar-refractivity contribution in [2.75, 3.05) is 0 Å². The zero-order valence-corrected chi connectivity index (χ0v) is 10.7. The van der Waals surface area contributed by atoms with Crippen LogP contribution in [0.5, 0.6) is 0 Å². The van der Waals surface area contributed by atoms with Crippen LogP contribution in [0.1, 0.15) is 24.2 Å². The van der Waals surface area contributed by atoms with Gasteiger partial charge in [-0.15, -0.1) is 0 Å². The fraction of sp³-hybridized carbons (Fsp3) is 0.357. The van der Waals surface area contributed by atoms with E-state index < -0.39 is 6.10 Å². The quantitative estimate of drug-likeness (QED) is 0.892. The van der Waals surface area contributed by atoms with E-state index in [9.17, 15) is 9.90 Å². The maximum Gasteiger partial charge on any atom is 0.328 e. The molecule has 1 N–H and O–H groups in total. The minimum Gasteiger partial charge on any atom is -0.387 e. The minimum absolute atomic E-state index is 0.0794. The Kier molecular flexibility index (Phi) is 3.67. The highest BCUT2D eigenvalue weighted by molar-refractivity contribution is 5.23. The van der Waals surface area contributed by atoms with Crippen molar-refractivity contribution in [3.63, 3.8) is 0 Å². The number of hydrogen-bond donors (Lipinski definition) is 1. The Balaban J connectivity index is 2.18. The summed E-state index contributed by atoms with van der Waals surface area (Å²) in [5.41, 5.74) is 1.86. The Morgan fingerprint density at radius 3 is 2.61 bits per heavy atom. The molecule has 0 fully saturated rings. The summed E-state index contributed by atoms with van der Waals surface area (Å²) in [7, 11) is 0. The summed E-state index contributed by atoms with van der Waals surface area (Å²) < 4.78 is 3.15. The Hall–Kier alpha value is -1.81. The molecule has 0 bridgehead atoms. The van der Waals surface area contributed by atoms with Crippen molar-refractivity contribution >= 4 is 0 Å². The number of hydrogen-bond acceptors (Lipinski definition) is 2. The number of benzene rings is 1. The highest BCUT2D eigenvalue weighted by Gasteiger charge is 2.10. The maximum atomic E-state index is 11.8. The van der Waals surface area contributed by atoms with Crippen LogP contribution in [0, 0.1) is 6.92 Å². The van der Waals surface area contributed by atoms with Gasteiger partial charge in [0, 0.05) is 18.9 Å². The molecule has 2 aromatic rings. The van der Waals surface area contributed by atoms with Crippen molar-refractivity contribution in [1.82, 2.24) is 9.13 Å². The largest absolute Gasteiger partial charge is 0.387 e. The van der Waals surface area contributed by atoms with E-state index in [0.717, 1.165) is 11.1 Å². The molecule has 0 radical (unpaired) electrons. The Bertz CT molecular complexity index is 583. The number of aliphatic hydroxyl groups is 1. The molecule has 2 rings (SSSR count). The molecule has 1 aromatic carbocycles. The van der Waals surface area contributed by atoms with Crippen LogP contribution in [0.3, 0.4) is 0 Å². The molecule has 1 heterocycles. The first kappa shape index (κ1) is 12.6. The van der Waals surface area contributed by atoms with Gasteiger partial charge < -0.3 is 5.11 Å². The molecule has 0 aliphatic carbocycles. The fourth-order valence-corrected chi connectivity index (χ4v) is 2.00. The first-order valence-corrected chi connectivity index (χ1v) is 6.12. The van der Waals surface area contributed by atoms with Gasteiger partial charge in [-0.25, -0.2) is 4.79 Å². The van der Waals surface area contributed by atoms with Crippen LogP contribution < -0.4 is 5.69 Å². The molecular weight excluding hydrogens is 228 g/mol. The Labute approximate surface area is 106 Å². The average molecular weight is 246 g/mol. The molecule has 96 valence electrons. The van der Waals surface area contributed by atoms with Gasteiger partial charge >= 0.3 is 5.69 Å². The van der Waals surface area contributed by atoms with Gasteiger partial charge in [-0.1, -0.05) is 29.8 Å². The van der Waals surface area contributed by atoms with Crippen molar-refractivity contribution in [2.24, 2.45) is 0 Å². The number of aliphatic hydroxyl groups excluding tert-OH is 1. The third-order valence-electron chi connectivity index (χ3n) is 3.06. The molecule has 0 aliphatic rings. The standard InChI is InChI=1S/C14H18N2O2/c1-3-15-7-8-16(14(15)18)10-13(17)12-6-4-5-11(2)9-12/h4-9,13,17H,3,10H2,1-2H3. The summed E-state index contributed by atoms with van der Waals surface area (Å²) in [5.74, 6) is 0. The molecule has 1 unspecified atom stereocenters. The van der Waals surface area contributed by atoms with Crippen LogP contribution in [0.15, 0.2) is 41.5 Å². The van der Waals surface area contributed by atoms with Crippen molar-refractivity contribution in [3.8, 4) is 0 Å².